The molecule has 0 aliphatic carbocycles. The fourth-order valence-electron chi connectivity index (χ4n) is 5.21. The van der Waals surface area contributed by atoms with Crippen LogP contribution in [-0.2, 0) is 14.2 Å². The number of halogens is 1. The first kappa shape index (κ1) is 29.5. The summed E-state index contributed by atoms with van der Waals surface area (Å²) in [6.45, 7) is 7.07. The van der Waals surface area contributed by atoms with Gasteiger partial charge in [0.15, 0.2) is 0 Å². The lowest BCUT2D eigenvalue weighted by atomic mass is 9.88. The Bertz CT molecular complexity index is 839. The first-order valence-electron chi connectivity index (χ1n) is 13.6. The van der Waals surface area contributed by atoms with Crippen LogP contribution in [0.3, 0.4) is 0 Å². The van der Waals surface area contributed by atoms with Crippen molar-refractivity contribution in [2.45, 2.75) is 51.6 Å². The third kappa shape index (κ3) is 9.63. The molecule has 3 rings (SSSR count). The van der Waals surface area contributed by atoms with E-state index < -0.39 is 6.09 Å². The average molecular weight is 539 g/mol. The zero-order valence-electron chi connectivity index (χ0n) is 22.3. The second-order valence-electron chi connectivity index (χ2n) is 9.78. The Kier molecular flexibility index (Phi) is 12.8. The minimum absolute atomic E-state index is 0.0173. The SMILES string of the molecule is CCNN(CCCC1CCCOC1)C(=O)N1CCCC([C@@H](OCCNC(=O)OC)c2cccc(Cl)c2)C1. The second kappa shape index (κ2) is 16.0. The van der Waals surface area contributed by atoms with E-state index in [0.717, 1.165) is 57.4 Å². The number of methoxy groups -OCH3 is 1. The minimum atomic E-state index is -0.489. The Labute approximate surface area is 226 Å². The van der Waals surface area contributed by atoms with Crippen molar-refractivity contribution >= 4 is 23.7 Å². The van der Waals surface area contributed by atoms with Gasteiger partial charge in [0.2, 0.25) is 0 Å². The summed E-state index contributed by atoms with van der Waals surface area (Å²) in [6.07, 6.45) is 5.47. The van der Waals surface area contributed by atoms with Crippen LogP contribution in [0.2, 0.25) is 5.02 Å². The summed E-state index contributed by atoms with van der Waals surface area (Å²) in [5.41, 5.74) is 4.24. The van der Waals surface area contributed by atoms with E-state index >= 15 is 0 Å². The van der Waals surface area contributed by atoms with Gasteiger partial charge in [-0.1, -0.05) is 30.7 Å². The molecule has 1 aromatic rings. The molecule has 2 heterocycles. The fraction of sp³-hybridized carbons (Fsp3) is 0.704. The number of hydrazine groups is 1. The molecule has 2 saturated heterocycles. The van der Waals surface area contributed by atoms with Gasteiger partial charge in [0.1, 0.15) is 0 Å². The number of nitrogens with zero attached hydrogens (tertiary/aromatic N) is 2. The number of likely N-dealkylation sites (tertiary alicyclic amines) is 1. The molecule has 10 heteroatoms. The zero-order valence-corrected chi connectivity index (χ0v) is 23.0. The van der Waals surface area contributed by atoms with Gasteiger partial charge in [-0.25, -0.2) is 15.0 Å². The summed E-state index contributed by atoms with van der Waals surface area (Å²) in [7, 11) is 1.33. The van der Waals surface area contributed by atoms with Gasteiger partial charge in [0, 0.05) is 56.9 Å². The van der Waals surface area contributed by atoms with Crippen LogP contribution in [0.4, 0.5) is 9.59 Å². The van der Waals surface area contributed by atoms with Crippen molar-refractivity contribution < 1.29 is 23.8 Å². The normalized spacial score (nSPS) is 20.8. The largest absolute Gasteiger partial charge is 0.453 e. The van der Waals surface area contributed by atoms with Gasteiger partial charge in [-0.2, -0.15) is 0 Å². The van der Waals surface area contributed by atoms with E-state index in [4.69, 9.17) is 21.1 Å². The lowest BCUT2D eigenvalue weighted by Gasteiger charge is -2.39. The van der Waals surface area contributed by atoms with Crippen molar-refractivity contribution in [1.29, 1.82) is 0 Å². The molecule has 9 nitrogen and oxygen atoms in total. The number of carbonyl (C=O) groups is 2. The number of ether oxygens (including phenoxy) is 3. The van der Waals surface area contributed by atoms with Crippen LogP contribution in [0.1, 0.15) is 57.1 Å². The lowest BCUT2D eigenvalue weighted by molar-refractivity contribution is -0.0117. The van der Waals surface area contributed by atoms with Crippen LogP contribution in [0.25, 0.3) is 0 Å². The number of carbonyl (C=O) groups excluding carboxylic acids is 2. The Morgan fingerprint density at radius 1 is 1.30 bits per heavy atom. The van der Waals surface area contributed by atoms with E-state index in [1.807, 2.05) is 36.1 Å². The van der Waals surface area contributed by atoms with Crippen LogP contribution in [0.5, 0.6) is 0 Å². The highest BCUT2D eigenvalue weighted by molar-refractivity contribution is 6.30. The van der Waals surface area contributed by atoms with E-state index in [1.165, 1.54) is 13.5 Å². The second-order valence-corrected chi connectivity index (χ2v) is 10.2. The maximum Gasteiger partial charge on any atom is 0.406 e. The molecule has 0 bridgehead atoms. The molecule has 208 valence electrons. The number of piperidine rings is 1. The highest BCUT2D eigenvalue weighted by Gasteiger charge is 2.33. The average Bonchev–Trinajstić information content (AvgIpc) is 2.92. The van der Waals surface area contributed by atoms with Crippen LogP contribution >= 0.6 is 11.6 Å². The van der Waals surface area contributed by atoms with E-state index in [9.17, 15) is 9.59 Å². The first-order valence-corrected chi connectivity index (χ1v) is 14.0. The van der Waals surface area contributed by atoms with E-state index in [2.05, 4.69) is 15.5 Å². The number of benzene rings is 1. The van der Waals surface area contributed by atoms with Crippen molar-refractivity contribution in [1.82, 2.24) is 20.7 Å². The number of nitrogens with one attached hydrogen (secondary N) is 2. The molecule has 1 aromatic carbocycles. The predicted octanol–water partition coefficient (Wildman–Crippen LogP) is 4.62. The molecule has 3 amide bonds. The monoisotopic (exact) mass is 538 g/mol. The fourth-order valence-corrected chi connectivity index (χ4v) is 5.41. The van der Waals surface area contributed by atoms with Gasteiger partial charge < -0.3 is 24.4 Å². The van der Waals surface area contributed by atoms with Crippen molar-refractivity contribution in [3.05, 3.63) is 34.9 Å². The molecule has 37 heavy (non-hydrogen) atoms. The maximum atomic E-state index is 13.5. The van der Waals surface area contributed by atoms with Gasteiger partial charge in [0.25, 0.3) is 0 Å². The number of amides is 3. The van der Waals surface area contributed by atoms with Crippen molar-refractivity contribution in [2.75, 3.05) is 59.7 Å². The van der Waals surface area contributed by atoms with E-state index in [0.29, 0.717) is 43.7 Å². The van der Waals surface area contributed by atoms with Gasteiger partial charge in [-0.05, 0) is 62.1 Å². The number of alkyl carbamates (subject to hydrolysis) is 1. The third-order valence-corrected chi connectivity index (χ3v) is 7.25. The van der Waals surface area contributed by atoms with Gasteiger partial charge >= 0.3 is 12.1 Å². The zero-order chi connectivity index (χ0) is 26.5. The lowest BCUT2D eigenvalue weighted by Crippen LogP contribution is -2.53. The summed E-state index contributed by atoms with van der Waals surface area (Å²) < 4.78 is 16.5. The van der Waals surface area contributed by atoms with Gasteiger partial charge in [0.05, 0.1) is 19.8 Å². The van der Waals surface area contributed by atoms with Crippen LogP contribution in [-0.4, -0.2) is 81.7 Å². The number of hydrogen-bond acceptors (Lipinski definition) is 6. The topological polar surface area (TPSA) is 92.4 Å². The predicted molar refractivity (Wildman–Crippen MR) is 143 cm³/mol. The van der Waals surface area contributed by atoms with Crippen LogP contribution in [0.15, 0.2) is 24.3 Å². The Balaban J connectivity index is 1.61. The molecule has 2 N–H and O–H groups in total. The molecule has 2 aliphatic heterocycles. The molecular weight excluding hydrogens is 496 g/mol. The van der Waals surface area contributed by atoms with Crippen molar-refractivity contribution in [3.8, 4) is 0 Å². The van der Waals surface area contributed by atoms with Crippen molar-refractivity contribution in [3.63, 3.8) is 0 Å². The van der Waals surface area contributed by atoms with Crippen molar-refractivity contribution in [2.24, 2.45) is 11.8 Å². The summed E-state index contributed by atoms with van der Waals surface area (Å²) in [5.74, 6) is 0.702. The Morgan fingerprint density at radius 2 is 2.16 bits per heavy atom. The molecule has 2 unspecified atom stereocenters. The Hall–Kier alpha value is -2.07. The van der Waals surface area contributed by atoms with Crippen LogP contribution < -0.4 is 10.7 Å². The molecule has 2 fully saturated rings. The molecular formula is C27H43ClN4O5. The summed E-state index contributed by atoms with van der Waals surface area (Å²) in [4.78, 5) is 26.9. The third-order valence-electron chi connectivity index (χ3n) is 7.02. The molecule has 2 aliphatic rings. The molecule has 3 atom stereocenters. The molecule has 0 radical (unpaired) electrons. The quantitative estimate of drug-likeness (QED) is 0.298. The van der Waals surface area contributed by atoms with Crippen LogP contribution in [0, 0.1) is 11.8 Å². The van der Waals surface area contributed by atoms with Gasteiger partial charge in [-0.15, -0.1) is 0 Å². The standard InChI is InChI=1S/C27H43ClN4O5/c1-3-30-32(15-5-8-21-9-7-16-36-20-21)27(34)31-14-6-11-23(19-31)25(22-10-4-12-24(28)18-22)37-17-13-29-26(33)35-2/h4,10,12,18,21,23,25,30H,3,5-9,11,13-17,19-20H2,1-2H3,(H,29,33)/t21?,23?,25-/m0/s1. The number of urea groups is 1. The first-order chi connectivity index (χ1) is 18.0. The van der Waals surface area contributed by atoms with E-state index in [1.54, 1.807) is 5.01 Å². The Morgan fingerprint density at radius 3 is 2.89 bits per heavy atom. The highest BCUT2D eigenvalue weighted by Crippen LogP contribution is 2.34. The summed E-state index contributed by atoms with van der Waals surface area (Å²) in [6, 6.07) is 7.69. The highest BCUT2D eigenvalue weighted by atomic mass is 35.5. The molecule has 0 saturated carbocycles. The van der Waals surface area contributed by atoms with E-state index in [-0.39, 0.29) is 18.1 Å². The molecule has 0 spiro atoms. The summed E-state index contributed by atoms with van der Waals surface area (Å²) in [5, 5.41) is 5.08. The smallest absolute Gasteiger partial charge is 0.406 e. The maximum absolute atomic E-state index is 13.5. The number of rotatable bonds is 12. The minimum Gasteiger partial charge on any atom is -0.453 e. The van der Waals surface area contributed by atoms with Gasteiger partial charge in [-0.3, -0.25) is 5.01 Å². The number of hydrogen-bond donors (Lipinski definition) is 2. The molecule has 0 aromatic heterocycles. The summed E-state index contributed by atoms with van der Waals surface area (Å²) >= 11 is 6.29.